The lowest BCUT2D eigenvalue weighted by molar-refractivity contribution is 0.0365. The number of ether oxygens (including phenoxy) is 1. The van der Waals surface area contributed by atoms with Gasteiger partial charge in [0.1, 0.15) is 11.1 Å². The molecule has 190 valence electrons. The van der Waals surface area contributed by atoms with Crippen molar-refractivity contribution in [1.29, 1.82) is 0 Å². The van der Waals surface area contributed by atoms with E-state index in [-0.39, 0.29) is 36.5 Å². The van der Waals surface area contributed by atoms with E-state index in [1.807, 2.05) is 50.4 Å². The Kier molecular flexibility index (Phi) is 8.03. The number of likely N-dealkylation sites (N-methyl/N-ethyl adjacent to an activating group) is 1. The molecule has 0 saturated heterocycles. The van der Waals surface area contributed by atoms with Crippen LogP contribution in [0.1, 0.15) is 34.6 Å². The molecule has 0 spiro atoms. The number of amides is 2. The van der Waals surface area contributed by atoms with Gasteiger partial charge in [0.15, 0.2) is 5.75 Å². The number of carbonyl (C=O) groups excluding carboxylic acids is 2. The standard InChI is InChI=1S/C27H32N4O4S/c1-17-14-31(18(2)16-32)27(34)21-6-5-7-22(24(21)35-23(17)15-30(3)4)29-25(33)19-8-10-20(11-9-19)26-28-12-13-36-26/h5-13,17-18,23,32H,14-16H2,1-4H3,(H,29,33)/t17-,18+,23+/m0/s1. The number of aliphatic hydroxyl groups is 1. The maximum atomic E-state index is 13.5. The molecule has 0 bridgehead atoms. The van der Waals surface area contributed by atoms with Crippen LogP contribution in [0.3, 0.4) is 0 Å². The van der Waals surface area contributed by atoms with Crippen LogP contribution in [0.2, 0.25) is 0 Å². The number of aliphatic hydroxyl groups excluding tert-OH is 1. The minimum Gasteiger partial charge on any atom is -0.486 e. The molecule has 2 amide bonds. The fourth-order valence-corrected chi connectivity index (χ4v) is 4.89. The first kappa shape index (κ1) is 25.8. The van der Waals surface area contributed by atoms with Gasteiger partial charge in [-0.2, -0.15) is 0 Å². The molecule has 0 radical (unpaired) electrons. The van der Waals surface area contributed by atoms with Crippen molar-refractivity contribution in [2.24, 2.45) is 5.92 Å². The van der Waals surface area contributed by atoms with Gasteiger partial charge in [0.05, 0.1) is 23.9 Å². The molecule has 2 N–H and O–H groups in total. The lowest BCUT2D eigenvalue weighted by Gasteiger charge is -2.38. The number of benzene rings is 2. The van der Waals surface area contributed by atoms with E-state index in [2.05, 4.69) is 10.3 Å². The topological polar surface area (TPSA) is 95.0 Å². The third kappa shape index (κ3) is 5.59. The van der Waals surface area contributed by atoms with E-state index in [4.69, 9.17) is 4.74 Å². The Morgan fingerprint density at radius 3 is 2.67 bits per heavy atom. The predicted molar refractivity (Wildman–Crippen MR) is 142 cm³/mol. The number of thiazole rings is 1. The number of anilines is 1. The van der Waals surface area contributed by atoms with Crippen LogP contribution in [-0.4, -0.2) is 77.6 Å². The summed E-state index contributed by atoms with van der Waals surface area (Å²) in [5, 5.41) is 15.5. The van der Waals surface area contributed by atoms with Gasteiger partial charge in [-0.15, -0.1) is 11.3 Å². The zero-order valence-electron chi connectivity index (χ0n) is 21.0. The van der Waals surface area contributed by atoms with Gasteiger partial charge in [-0.25, -0.2) is 4.98 Å². The third-order valence-electron chi connectivity index (χ3n) is 6.31. The second-order valence-corrected chi connectivity index (χ2v) is 10.3. The summed E-state index contributed by atoms with van der Waals surface area (Å²) in [6, 6.07) is 12.1. The van der Waals surface area contributed by atoms with Crippen molar-refractivity contribution < 1.29 is 19.4 Å². The van der Waals surface area contributed by atoms with Crippen LogP contribution >= 0.6 is 11.3 Å². The Labute approximate surface area is 215 Å². The van der Waals surface area contributed by atoms with Crippen molar-refractivity contribution in [1.82, 2.24) is 14.8 Å². The first-order chi connectivity index (χ1) is 17.3. The van der Waals surface area contributed by atoms with E-state index in [0.29, 0.717) is 35.7 Å². The molecule has 8 nitrogen and oxygen atoms in total. The van der Waals surface area contributed by atoms with Gasteiger partial charge in [0, 0.05) is 41.7 Å². The minimum atomic E-state index is -0.347. The van der Waals surface area contributed by atoms with E-state index in [1.54, 1.807) is 41.4 Å². The molecular formula is C27H32N4O4S. The summed E-state index contributed by atoms with van der Waals surface area (Å²) in [7, 11) is 3.94. The van der Waals surface area contributed by atoms with E-state index >= 15 is 0 Å². The molecule has 4 rings (SSSR count). The Morgan fingerprint density at radius 1 is 1.28 bits per heavy atom. The highest BCUT2D eigenvalue weighted by molar-refractivity contribution is 7.13. The molecule has 2 heterocycles. The van der Waals surface area contributed by atoms with Crippen LogP contribution in [0.4, 0.5) is 5.69 Å². The smallest absolute Gasteiger partial charge is 0.258 e. The number of fused-ring (bicyclic) bond motifs is 1. The number of aromatic nitrogens is 1. The Balaban J connectivity index is 1.66. The van der Waals surface area contributed by atoms with Crippen LogP contribution in [0.15, 0.2) is 54.0 Å². The quantitative estimate of drug-likeness (QED) is 0.504. The average molecular weight is 509 g/mol. The summed E-state index contributed by atoms with van der Waals surface area (Å²) in [4.78, 5) is 34.7. The van der Waals surface area contributed by atoms with Crippen molar-refractivity contribution in [3.8, 4) is 16.3 Å². The fourth-order valence-electron chi connectivity index (χ4n) is 4.24. The molecule has 1 aromatic heterocycles. The SMILES string of the molecule is C[C@H](CO)N1C[C@H](C)[C@@H](CN(C)C)Oc2c(NC(=O)c3ccc(-c4nccs4)cc3)cccc2C1=O. The molecule has 0 unspecified atom stereocenters. The van der Waals surface area contributed by atoms with Crippen molar-refractivity contribution in [2.45, 2.75) is 26.0 Å². The summed E-state index contributed by atoms with van der Waals surface area (Å²) in [5.41, 5.74) is 2.23. The van der Waals surface area contributed by atoms with Crippen molar-refractivity contribution in [2.75, 3.05) is 39.1 Å². The zero-order valence-corrected chi connectivity index (χ0v) is 21.8. The lowest BCUT2D eigenvalue weighted by Crippen LogP contribution is -2.49. The number of para-hydroxylation sites is 1. The first-order valence-corrected chi connectivity index (χ1v) is 12.8. The Bertz CT molecular complexity index is 1200. The molecule has 3 atom stereocenters. The van der Waals surface area contributed by atoms with E-state index in [9.17, 15) is 14.7 Å². The monoisotopic (exact) mass is 508 g/mol. The van der Waals surface area contributed by atoms with Crippen LogP contribution in [-0.2, 0) is 0 Å². The second-order valence-electron chi connectivity index (χ2n) is 9.44. The molecule has 36 heavy (non-hydrogen) atoms. The molecule has 0 fully saturated rings. The van der Waals surface area contributed by atoms with Crippen LogP contribution in [0, 0.1) is 5.92 Å². The van der Waals surface area contributed by atoms with Crippen LogP contribution < -0.4 is 10.1 Å². The van der Waals surface area contributed by atoms with Gasteiger partial charge < -0.3 is 25.0 Å². The normalized spacial score (nSPS) is 18.7. The maximum absolute atomic E-state index is 13.5. The van der Waals surface area contributed by atoms with E-state index in [0.717, 1.165) is 10.6 Å². The summed E-state index contributed by atoms with van der Waals surface area (Å²) >= 11 is 1.54. The highest BCUT2D eigenvalue weighted by atomic mass is 32.1. The molecule has 1 aliphatic rings. The van der Waals surface area contributed by atoms with Crippen LogP contribution in [0.25, 0.3) is 10.6 Å². The molecule has 9 heteroatoms. The zero-order chi connectivity index (χ0) is 25.8. The van der Waals surface area contributed by atoms with Gasteiger partial charge in [0.25, 0.3) is 11.8 Å². The second kappa shape index (κ2) is 11.2. The highest BCUT2D eigenvalue weighted by Gasteiger charge is 2.34. The number of carbonyl (C=O) groups is 2. The Hall–Kier alpha value is -3.27. The lowest BCUT2D eigenvalue weighted by atomic mass is 9.99. The van der Waals surface area contributed by atoms with E-state index in [1.165, 1.54) is 11.3 Å². The molecule has 0 saturated carbocycles. The average Bonchev–Trinajstić information content (AvgIpc) is 3.41. The number of hydrogen-bond acceptors (Lipinski definition) is 7. The first-order valence-electron chi connectivity index (χ1n) is 12.0. The van der Waals surface area contributed by atoms with Gasteiger partial charge in [-0.1, -0.05) is 25.1 Å². The largest absolute Gasteiger partial charge is 0.486 e. The fraction of sp³-hybridized carbons (Fsp3) is 0.370. The van der Waals surface area contributed by atoms with E-state index < -0.39 is 0 Å². The molecule has 0 aliphatic carbocycles. The van der Waals surface area contributed by atoms with Crippen molar-refractivity contribution in [3.05, 3.63) is 65.2 Å². The van der Waals surface area contributed by atoms with Crippen LogP contribution in [0.5, 0.6) is 5.75 Å². The predicted octanol–water partition coefficient (Wildman–Crippen LogP) is 3.84. The number of nitrogens with zero attached hydrogens (tertiary/aromatic N) is 3. The number of nitrogens with one attached hydrogen (secondary N) is 1. The summed E-state index contributed by atoms with van der Waals surface area (Å²) in [5.74, 6) is -0.181. The summed E-state index contributed by atoms with van der Waals surface area (Å²) in [6.07, 6.45) is 1.52. The van der Waals surface area contributed by atoms with Gasteiger partial charge in [-0.3, -0.25) is 9.59 Å². The maximum Gasteiger partial charge on any atom is 0.258 e. The summed E-state index contributed by atoms with van der Waals surface area (Å²) < 4.78 is 6.45. The van der Waals surface area contributed by atoms with Crippen molar-refractivity contribution in [3.63, 3.8) is 0 Å². The van der Waals surface area contributed by atoms with Gasteiger partial charge in [0.2, 0.25) is 0 Å². The van der Waals surface area contributed by atoms with Gasteiger partial charge in [-0.05, 0) is 45.3 Å². The molecular weight excluding hydrogens is 476 g/mol. The summed E-state index contributed by atoms with van der Waals surface area (Å²) in [6.45, 7) is 4.82. The molecule has 1 aliphatic heterocycles. The number of hydrogen-bond donors (Lipinski definition) is 2. The number of rotatable bonds is 7. The minimum absolute atomic E-state index is 0.000614. The van der Waals surface area contributed by atoms with Crippen molar-refractivity contribution >= 4 is 28.8 Å². The highest BCUT2D eigenvalue weighted by Crippen LogP contribution is 2.35. The third-order valence-corrected chi connectivity index (χ3v) is 7.13. The van der Waals surface area contributed by atoms with Gasteiger partial charge >= 0.3 is 0 Å². The molecule has 2 aromatic carbocycles. The Morgan fingerprint density at radius 2 is 2.03 bits per heavy atom. The molecule has 3 aromatic rings.